The zero-order chi connectivity index (χ0) is 17.9. The predicted octanol–water partition coefficient (Wildman–Crippen LogP) is 1.98. The first kappa shape index (κ1) is 15.8. The van der Waals surface area contributed by atoms with E-state index in [0.29, 0.717) is 22.0 Å². The van der Waals surface area contributed by atoms with Gasteiger partial charge in [0.1, 0.15) is 11.6 Å². The Morgan fingerprint density at radius 1 is 1.20 bits per heavy atom. The summed E-state index contributed by atoms with van der Waals surface area (Å²) in [5.41, 5.74) is 3.13. The molecule has 0 saturated carbocycles. The number of anilines is 1. The van der Waals surface area contributed by atoms with Crippen molar-refractivity contribution in [1.82, 2.24) is 9.78 Å². The number of rotatable bonds is 2. The van der Waals surface area contributed by atoms with E-state index in [1.807, 2.05) is 13.8 Å². The normalized spacial score (nSPS) is 22.2. The molecule has 1 aromatic heterocycles. The first-order valence-electron chi connectivity index (χ1n) is 7.77. The molecule has 0 bridgehead atoms. The van der Waals surface area contributed by atoms with E-state index in [1.54, 1.807) is 36.1 Å². The van der Waals surface area contributed by atoms with Crippen LogP contribution < -0.4 is 4.90 Å². The molecule has 7 nitrogen and oxygen atoms in total. The number of imide groups is 1. The number of carbonyl (C=O) groups excluding carboxylic acids is 2. The van der Waals surface area contributed by atoms with Gasteiger partial charge >= 0.3 is 0 Å². The van der Waals surface area contributed by atoms with Gasteiger partial charge in [0.05, 0.1) is 11.4 Å². The quantitative estimate of drug-likeness (QED) is 0.769. The molecule has 3 heterocycles. The predicted molar refractivity (Wildman–Crippen MR) is 91.5 cm³/mol. The summed E-state index contributed by atoms with van der Waals surface area (Å²) < 4.78 is 1.64. The third kappa shape index (κ3) is 2.26. The Morgan fingerprint density at radius 2 is 1.96 bits per heavy atom. The molecule has 2 amide bonds. The highest BCUT2D eigenvalue weighted by atomic mass is 35.5. The van der Waals surface area contributed by atoms with E-state index in [-0.39, 0.29) is 5.91 Å². The minimum Gasteiger partial charge on any atom is -0.381 e. The zero-order valence-corrected chi connectivity index (χ0v) is 14.6. The summed E-state index contributed by atoms with van der Waals surface area (Å²) in [6.07, 6.45) is 0.825. The molecule has 128 valence electrons. The van der Waals surface area contributed by atoms with Crippen molar-refractivity contribution in [2.24, 2.45) is 18.1 Å². The van der Waals surface area contributed by atoms with Crippen LogP contribution in [-0.2, 0) is 21.5 Å². The minimum atomic E-state index is -0.944. The first-order valence-corrected chi connectivity index (χ1v) is 8.14. The van der Waals surface area contributed by atoms with Crippen LogP contribution in [-0.4, -0.2) is 33.4 Å². The molecule has 0 N–H and O–H groups in total. The van der Waals surface area contributed by atoms with Crippen molar-refractivity contribution in [2.75, 3.05) is 4.90 Å². The number of amides is 2. The Balaban J connectivity index is 1.76. The van der Waals surface area contributed by atoms with Crippen molar-refractivity contribution < 1.29 is 14.4 Å². The standard InChI is InChI=1S/C17H15ClN4O3/c1-8-4-5-10(18)6-12(8)22-16(23)13-14(20-25-15(13)17(22)24)11-7-21(3)19-9(11)2/h4-7,13,15H,1-3H3/t13-,15+/m1/s1. The summed E-state index contributed by atoms with van der Waals surface area (Å²) >= 11 is 6.04. The molecule has 1 aromatic carbocycles. The van der Waals surface area contributed by atoms with Gasteiger partial charge < -0.3 is 4.84 Å². The molecule has 0 unspecified atom stereocenters. The van der Waals surface area contributed by atoms with E-state index in [9.17, 15) is 9.59 Å². The molecular formula is C17H15ClN4O3. The molecule has 1 fully saturated rings. The fourth-order valence-electron chi connectivity index (χ4n) is 3.31. The van der Waals surface area contributed by atoms with Crippen LogP contribution in [0.4, 0.5) is 5.69 Å². The van der Waals surface area contributed by atoms with E-state index in [0.717, 1.165) is 16.2 Å². The Morgan fingerprint density at radius 3 is 2.64 bits per heavy atom. The number of hydrogen-bond acceptors (Lipinski definition) is 5. The highest BCUT2D eigenvalue weighted by Crippen LogP contribution is 2.37. The van der Waals surface area contributed by atoms with Crippen LogP contribution in [0.3, 0.4) is 0 Å². The molecule has 2 aliphatic rings. The second kappa shape index (κ2) is 5.42. The maximum Gasteiger partial charge on any atom is 0.278 e. The zero-order valence-electron chi connectivity index (χ0n) is 13.9. The number of nitrogens with zero attached hydrogens (tertiary/aromatic N) is 4. The second-order valence-electron chi connectivity index (χ2n) is 6.22. The van der Waals surface area contributed by atoms with Gasteiger partial charge in [-0.05, 0) is 31.5 Å². The Hall–Kier alpha value is -2.67. The molecule has 0 aliphatic carbocycles. The van der Waals surface area contributed by atoms with Gasteiger partial charge in [-0.2, -0.15) is 5.10 Å². The summed E-state index contributed by atoms with van der Waals surface area (Å²) in [6, 6.07) is 5.10. The summed E-state index contributed by atoms with van der Waals surface area (Å²) in [4.78, 5) is 32.3. The summed E-state index contributed by atoms with van der Waals surface area (Å²) in [7, 11) is 1.79. The van der Waals surface area contributed by atoms with Gasteiger partial charge in [-0.3, -0.25) is 14.3 Å². The van der Waals surface area contributed by atoms with Crippen molar-refractivity contribution in [3.63, 3.8) is 0 Å². The summed E-state index contributed by atoms with van der Waals surface area (Å²) in [5.74, 6) is -1.56. The van der Waals surface area contributed by atoms with Crippen molar-refractivity contribution in [1.29, 1.82) is 0 Å². The average Bonchev–Trinajstić information content (AvgIpc) is 3.19. The van der Waals surface area contributed by atoms with Crippen LogP contribution >= 0.6 is 11.6 Å². The van der Waals surface area contributed by atoms with Crippen LogP contribution in [0, 0.1) is 19.8 Å². The summed E-state index contributed by atoms with van der Waals surface area (Å²) in [5, 5.41) is 8.73. The molecule has 1 saturated heterocycles. The lowest BCUT2D eigenvalue weighted by Gasteiger charge is -2.18. The molecule has 8 heteroatoms. The number of halogens is 1. The molecule has 0 spiro atoms. The molecule has 25 heavy (non-hydrogen) atoms. The van der Waals surface area contributed by atoms with Crippen molar-refractivity contribution in [3.05, 3.63) is 46.2 Å². The van der Waals surface area contributed by atoms with Crippen LogP contribution in [0.1, 0.15) is 16.8 Å². The Bertz CT molecular complexity index is 949. The van der Waals surface area contributed by atoms with Crippen molar-refractivity contribution >= 4 is 34.8 Å². The number of carbonyl (C=O) groups is 2. The topological polar surface area (TPSA) is 76.8 Å². The molecule has 4 rings (SSSR count). The lowest BCUT2D eigenvalue weighted by Crippen LogP contribution is -2.33. The van der Waals surface area contributed by atoms with E-state index in [1.165, 1.54) is 0 Å². The first-order chi connectivity index (χ1) is 11.9. The number of oxime groups is 1. The maximum atomic E-state index is 13.0. The van der Waals surface area contributed by atoms with Gasteiger partial charge in [0, 0.05) is 23.8 Å². The van der Waals surface area contributed by atoms with Crippen LogP contribution in [0.2, 0.25) is 5.02 Å². The van der Waals surface area contributed by atoms with Crippen molar-refractivity contribution in [2.45, 2.75) is 20.0 Å². The number of fused-ring (bicyclic) bond motifs is 1. The smallest absolute Gasteiger partial charge is 0.278 e. The minimum absolute atomic E-state index is 0.361. The van der Waals surface area contributed by atoms with E-state index >= 15 is 0 Å². The lowest BCUT2D eigenvalue weighted by atomic mass is 9.94. The van der Waals surface area contributed by atoms with Gasteiger partial charge in [0.15, 0.2) is 0 Å². The largest absolute Gasteiger partial charge is 0.381 e. The Kier molecular flexibility index (Phi) is 3.43. The average molecular weight is 359 g/mol. The third-order valence-electron chi connectivity index (χ3n) is 4.51. The van der Waals surface area contributed by atoms with Gasteiger partial charge in [0.2, 0.25) is 12.0 Å². The van der Waals surface area contributed by atoms with E-state index in [2.05, 4.69) is 10.3 Å². The highest BCUT2D eigenvalue weighted by molar-refractivity contribution is 6.34. The monoisotopic (exact) mass is 358 g/mol. The van der Waals surface area contributed by atoms with Gasteiger partial charge in [-0.25, -0.2) is 4.90 Å². The van der Waals surface area contributed by atoms with E-state index in [4.69, 9.17) is 16.4 Å². The number of aryl methyl sites for hydroxylation is 3. The van der Waals surface area contributed by atoms with Gasteiger partial charge in [-0.15, -0.1) is 0 Å². The van der Waals surface area contributed by atoms with Gasteiger partial charge in [-0.1, -0.05) is 22.8 Å². The van der Waals surface area contributed by atoms with Crippen LogP contribution in [0.15, 0.2) is 29.6 Å². The van der Waals surface area contributed by atoms with Crippen LogP contribution in [0.5, 0.6) is 0 Å². The molecule has 2 atom stereocenters. The molecule has 2 aromatic rings. The lowest BCUT2D eigenvalue weighted by molar-refractivity contribution is -0.126. The molecule has 0 radical (unpaired) electrons. The second-order valence-corrected chi connectivity index (χ2v) is 6.66. The SMILES string of the molecule is Cc1ccc(Cl)cc1N1C(=O)[C@@H]2C(c3cn(C)nc3C)=NO[C@@H]2C1=O. The summed E-state index contributed by atoms with van der Waals surface area (Å²) in [6.45, 7) is 3.65. The number of aromatic nitrogens is 2. The molecule has 2 aliphatic heterocycles. The van der Waals surface area contributed by atoms with Crippen LogP contribution in [0.25, 0.3) is 0 Å². The number of hydrogen-bond donors (Lipinski definition) is 0. The highest BCUT2D eigenvalue weighted by Gasteiger charge is 2.56. The van der Waals surface area contributed by atoms with E-state index < -0.39 is 17.9 Å². The fourth-order valence-corrected chi connectivity index (χ4v) is 3.48. The fraction of sp³-hybridized carbons (Fsp3) is 0.294. The Labute approximate surface area is 148 Å². The van der Waals surface area contributed by atoms with Crippen molar-refractivity contribution in [3.8, 4) is 0 Å². The molecular weight excluding hydrogens is 344 g/mol. The van der Waals surface area contributed by atoms with Gasteiger partial charge in [0.25, 0.3) is 5.91 Å². The third-order valence-corrected chi connectivity index (χ3v) is 4.75. The maximum absolute atomic E-state index is 13.0. The number of benzene rings is 1.